The Labute approximate surface area is 170 Å². The second-order valence-electron chi connectivity index (χ2n) is 7.76. The topological polar surface area (TPSA) is 82.5 Å². The van der Waals surface area contributed by atoms with Crippen molar-refractivity contribution >= 4 is 17.6 Å². The van der Waals surface area contributed by atoms with E-state index in [4.69, 9.17) is 0 Å². The van der Waals surface area contributed by atoms with Crippen molar-refractivity contribution in [3.05, 3.63) is 47.7 Å². The SMILES string of the molecule is Cc1ncnc(N2CCN(C(=O)[C@@H]3CC(=O)N(Cc4cccnc4)C3)CC2)c1C. The van der Waals surface area contributed by atoms with Crippen LogP contribution < -0.4 is 4.90 Å². The highest BCUT2D eigenvalue weighted by molar-refractivity contribution is 5.89. The van der Waals surface area contributed by atoms with Crippen molar-refractivity contribution in [2.24, 2.45) is 5.92 Å². The Bertz CT molecular complexity index is 895. The van der Waals surface area contributed by atoms with Crippen molar-refractivity contribution in [1.29, 1.82) is 0 Å². The zero-order chi connectivity index (χ0) is 20.4. The first-order chi connectivity index (χ1) is 14.0. The van der Waals surface area contributed by atoms with E-state index in [9.17, 15) is 9.59 Å². The Morgan fingerprint density at radius 2 is 1.97 bits per heavy atom. The predicted molar refractivity (Wildman–Crippen MR) is 108 cm³/mol. The average Bonchev–Trinajstić information content (AvgIpc) is 3.11. The molecule has 2 amide bonds. The number of carbonyl (C=O) groups is 2. The number of rotatable bonds is 4. The summed E-state index contributed by atoms with van der Waals surface area (Å²) in [6.07, 6.45) is 5.36. The second kappa shape index (κ2) is 8.14. The Morgan fingerprint density at radius 1 is 1.17 bits per heavy atom. The third-order valence-corrected chi connectivity index (χ3v) is 5.86. The third kappa shape index (κ3) is 4.06. The van der Waals surface area contributed by atoms with Gasteiger partial charge in [0.1, 0.15) is 12.1 Å². The largest absolute Gasteiger partial charge is 0.353 e. The number of hydrogen-bond donors (Lipinski definition) is 0. The summed E-state index contributed by atoms with van der Waals surface area (Å²) in [7, 11) is 0. The van der Waals surface area contributed by atoms with Crippen LogP contribution in [0.4, 0.5) is 5.82 Å². The monoisotopic (exact) mass is 394 g/mol. The molecule has 8 heteroatoms. The molecule has 0 spiro atoms. The first kappa shape index (κ1) is 19.3. The molecule has 8 nitrogen and oxygen atoms in total. The van der Waals surface area contributed by atoms with Gasteiger partial charge in [-0.05, 0) is 25.5 Å². The lowest BCUT2D eigenvalue weighted by molar-refractivity contribution is -0.136. The van der Waals surface area contributed by atoms with Crippen LogP contribution in [0.2, 0.25) is 0 Å². The van der Waals surface area contributed by atoms with Crippen molar-refractivity contribution in [2.75, 3.05) is 37.6 Å². The smallest absolute Gasteiger partial charge is 0.228 e. The van der Waals surface area contributed by atoms with Gasteiger partial charge in [-0.2, -0.15) is 0 Å². The fourth-order valence-corrected chi connectivity index (χ4v) is 4.04. The Balaban J connectivity index is 1.34. The normalized spacial score (nSPS) is 19.7. The molecule has 2 aromatic rings. The summed E-state index contributed by atoms with van der Waals surface area (Å²) >= 11 is 0. The van der Waals surface area contributed by atoms with E-state index < -0.39 is 0 Å². The van der Waals surface area contributed by atoms with Crippen molar-refractivity contribution in [1.82, 2.24) is 24.8 Å². The molecular weight excluding hydrogens is 368 g/mol. The Hall–Kier alpha value is -3.03. The van der Waals surface area contributed by atoms with Crippen molar-refractivity contribution in [2.45, 2.75) is 26.8 Å². The number of hydrogen-bond acceptors (Lipinski definition) is 6. The molecule has 0 aliphatic carbocycles. The van der Waals surface area contributed by atoms with Gasteiger partial charge in [-0.1, -0.05) is 6.07 Å². The first-order valence-electron chi connectivity index (χ1n) is 10.0. The number of carbonyl (C=O) groups excluding carboxylic acids is 2. The van der Waals surface area contributed by atoms with Gasteiger partial charge in [0, 0.05) is 69.3 Å². The van der Waals surface area contributed by atoms with E-state index in [0.29, 0.717) is 32.6 Å². The molecule has 2 fully saturated rings. The van der Waals surface area contributed by atoms with E-state index in [1.54, 1.807) is 23.6 Å². The van der Waals surface area contributed by atoms with Crippen LogP contribution in [0, 0.1) is 19.8 Å². The summed E-state index contributed by atoms with van der Waals surface area (Å²) < 4.78 is 0. The number of piperazine rings is 1. The van der Waals surface area contributed by atoms with Gasteiger partial charge in [-0.3, -0.25) is 14.6 Å². The number of anilines is 1. The number of aromatic nitrogens is 3. The van der Waals surface area contributed by atoms with Crippen LogP contribution in [0.25, 0.3) is 0 Å². The molecule has 0 N–H and O–H groups in total. The second-order valence-corrected chi connectivity index (χ2v) is 7.76. The predicted octanol–water partition coefficient (Wildman–Crippen LogP) is 1.19. The highest BCUT2D eigenvalue weighted by atomic mass is 16.2. The number of amides is 2. The maximum absolute atomic E-state index is 13.0. The van der Waals surface area contributed by atoms with Gasteiger partial charge in [-0.25, -0.2) is 9.97 Å². The third-order valence-electron chi connectivity index (χ3n) is 5.86. The van der Waals surface area contributed by atoms with Crippen LogP contribution in [0.5, 0.6) is 0 Å². The van der Waals surface area contributed by atoms with Gasteiger partial charge in [0.05, 0.1) is 5.92 Å². The van der Waals surface area contributed by atoms with Gasteiger partial charge in [-0.15, -0.1) is 0 Å². The molecule has 4 heterocycles. The van der Waals surface area contributed by atoms with E-state index in [-0.39, 0.29) is 17.7 Å². The van der Waals surface area contributed by atoms with Gasteiger partial charge >= 0.3 is 0 Å². The fourth-order valence-electron chi connectivity index (χ4n) is 4.04. The molecule has 1 atom stereocenters. The molecule has 0 radical (unpaired) electrons. The van der Waals surface area contributed by atoms with E-state index in [0.717, 1.165) is 35.7 Å². The van der Waals surface area contributed by atoms with Crippen molar-refractivity contribution in [3.63, 3.8) is 0 Å². The zero-order valence-corrected chi connectivity index (χ0v) is 16.9. The van der Waals surface area contributed by atoms with Crippen molar-refractivity contribution in [3.8, 4) is 0 Å². The van der Waals surface area contributed by atoms with E-state index in [2.05, 4.69) is 19.9 Å². The van der Waals surface area contributed by atoms with E-state index in [1.165, 1.54) is 0 Å². The average molecular weight is 394 g/mol. The van der Waals surface area contributed by atoms with Crippen LogP contribution >= 0.6 is 0 Å². The minimum Gasteiger partial charge on any atom is -0.353 e. The highest BCUT2D eigenvalue weighted by Crippen LogP contribution is 2.24. The summed E-state index contributed by atoms with van der Waals surface area (Å²) in [5.41, 5.74) is 3.05. The quantitative estimate of drug-likeness (QED) is 0.775. The van der Waals surface area contributed by atoms with E-state index >= 15 is 0 Å². The molecule has 2 aromatic heterocycles. The molecule has 0 aromatic carbocycles. The minimum atomic E-state index is -0.256. The minimum absolute atomic E-state index is 0.0397. The van der Waals surface area contributed by atoms with Gasteiger partial charge in [0.15, 0.2) is 0 Å². The Morgan fingerprint density at radius 3 is 2.69 bits per heavy atom. The first-order valence-corrected chi connectivity index (χ1v) is 10.0. The lowest BCUT2D eigenvalue weighted by Crippen LogP contribution is -2.51. The molecule has 152 valence electrons. The maximum atomic E-state index is 13.0. The molecule has 2 aliphatic heterocycles. The van der Waals surface area contributed by atoms with Crippen LogP contribution in [-0.2, 0) is 16.1 Å². The van der Waals surface area contributed by atoms with Gasteiger partial charge in [0.25, 0.3) is 0 Å². The fraction of sp³-hybridized carbons (Fsp3) is 0.476. The van der Waals surface area contributed by atoms with Gasteiger partial charge < -0.3 is 14.7 Å². The molecule has 29 heavy (non-hydrogen) atoms. The maximum Gasteiger partial charge on any atom is 0.228 e. The summed E-state index contributed by atoms with van der Waals surface area (Å²) in [6.45, 7) is 7.78. The molecule has 2 saturated heterocycles. The molecular formula is C21H26N6O2. The van der Waals surface area contributed by atoms with Crippen LogP contribution in [0.1, 0.15) is 23.2 Å². The number of pyridine rings is 1. The van der Waals surface area contributed by atoms with Crippen LogP contribution in [-0.4, -0.2) is 69.3 Å². The number of nitrogens with zero attached hydrogens (tertiary/aromatic N) is 6. The van der Waals surface area contributed by atoms with Gasteiger partial charge in [0.2, 0.25) is 11.8 Å². The summed E-state index contributed by atoms with van der Waals surface area (Å²) in [5.74, 6) is 0.817. The zero-order valence-electron chi connectivity index (χ0n) is 16.9. The number of aryl methyl sites for hydroxylation is 1. The van der Waals surface area contributed by atoms with Crippen LogP contribution in [0.15, 0.2) is 30.9 Å². The summed E-state index contributed by atoms with van der Waals surface area (Å²) in [4.78, 5) is 44.0. The lowest BCUT2D eigenvalue weighted by atomic mass is 10.1. The van der Waals surface area contributed by atoms with Crippen molar-refractivity contribution < 1.29 is 9.59 Å². The summed E-state index contributed by atoms with van der Waals surface area (Å²) in [6, 6.07) is 3.81. The summed E-state index contributed by atoms with van der Waals surface area (Å²) in [5, 5.41) is 0. The Kier molecular flexibility index (Phi) is 5.42. The molecule has 0 saturated carbocycles. The lowest BCUT2D eigenvalue weighted by Gasteiger charge is -2.37. The molecule has 4 rings (SSSR count). The van der Waals surface area contributed by atoms with E-state index in [1.807, 2.05) is 30.9 Å². The molecule has 0 unspecified atom stereocenters. The standard InChI is InChI=1S/C21H26N6O2/c1-15-16(2)23-14-24-20(15)25-6-8-26(9-7-25)21(29)18-10-19(28)27(13-18)12-17-4-3-5-22-11-17/h3-5,11,14,18H,6-10,12-13H2,1-2H3/t18-/m1/s1. The van der Waals surface area contributed by atoms with Crippen LogP contribution in [0.3, 0.4) is 0 Å². The molecule has 0 bridgehead atoms. The molecule has 2 aliphatic rings. The number of likely N-dealkylation sites (tertiary alicyclic amines) is 1. The highest BCUT2D eigenvalue weighted by Gasteiger charge is 2.37.